The smallest absolute Gasteiger partial charge is 0.261 e. The largest absolute Gasteiger partial charge is 0.378 e. The number of aryl methyl sites for hydroxylation is 1. The number of anilines is 1. The maximum Gasteiger partial charge on any atom is 0.261 e. The minimum absolute atomic E-state index is 0.287. The van der Waals surface area contributed by atoms with Gasteiger partial charge in [-0.3, -0.25) is 0 Å². The first-order valence-electron chi connectivity index (χ1n) is 8.37. The van der Waals surface area contributed by atoms with E-state index < -0.39 is 0 Å². The zero-order valence-electron chi connectivity index (χ0n) is 13.6. The Morgan fingerprint density at radius 2 is 2.30 bits per heavy atom. The molecule has 2 heterocycles. The molecule has 6 nitrogen and oxygen atoms in total. The van der Waals surface area contributed by atoms with E-state index in [2.05, 4.69) is 27.4 Å². The van der Waals surface area contributed by atoms with Gasteiger partial charge in [-0.25, -0.2) is 4.98 Å². The van der Waals surface area contributed by atoms with Crippen LogP contribution in [-0.2, 0) is 4.74 Å². The van der Waals surface area contributed by atoms with Crippen molar-refractivity contribution in [2.24, 2.45) is 5.41 Å². The van der Waals surface area contributed by atoms with Gasteiger partial charge in [-0.05, 0) is 45.2 Å². The monoisotopic (exact) mass is 314 g/mol. The number of ether oxygens (including phenoxy) is 1. The molecule has 0 bridgehead atoms. The molecule has 2 fully saturated rings. The van der Waals surface area contributed by atoms with Gasteiger partial charge in [0.15, 0.2) is 5.82 Å². The summed E-state index contributed by atoms with van der Waals surface area (Å²) in [6.07, 6.45) is 6.97. The molecule has 2 aromatic heterocycles. The van der Waals surface area contributed by atoms with E-state index in [0.29, 0.717) is 23.9 Å². The lowest BCUT2D eigenvalue weighted by Crippen LogP contribution is -2.64. The molecule has 4 rings (SSSR count). The Bertz CT molecular complexity index is 695. The third kappa shape index (κ3) is 2.32. The fraction of sp³-hybridized carbons (Fsp3) is 0.588. The number of hydrogen-bond acceptors (Lipinski definition) is 6. The molecule has 2 saturated carbocycles. The van der Waals surface area contributed by atoms with Gasteiger partial charge in [0.25, 0.3) is 5.89 Å². The lowest BCUT2D eigenvalue weighted by Gasteiger charge is -2.61. The van der Waals surface area contributed by atoms with Gasteiger partial charge in [0.05, 0.1) is 11.7 Å². The molecular weight excluding hydrogens is 292 g/mol. The first-order chi connectivity index (χ1) is 11.2. The van der Waals surface area contributed by atoms with Crippen LogP contribution in [0.5, 0.6) is 0 Å². The highest BCUT2D eigenvalue weighted by Gasteiger charge is 2.59. The van der Waals surface area contributed by atoms with Crippen molar-refractivity contribution in [3.05, 3.63) is 24.2 Å². The van der Waals surface area contributed by atoms with E-state index >= 15 is 0 Å². The van der Waals surface area contributed by atoms with Gasteiger partial charge in [0.2, 0.25) is 0 Å². The van der Waals surface area contributed by atoms with Crippen molar-refractivity contribution in [3.8, 4) is 11.5 Å². The average molecular weight is 314 g/mol. The van der Waals surface area contributed by atoms with Gasteiger partial charge >= 0.3 is 0 Å². The van der Waals surface area contributed by atoms with Gasteiger partial charge < -0.3 is 14.6 Å². The van der Waals surface area contributed by atoms with E-state index in [-0.39, 0.29) is 5.41 Å². The summed E-state index contributed by atoms with van der Waals surface area (Å²) >= 11 is 0. The summed E-state index contributed by atoms with van der Waals surface area (Å²) in [5, 5.41) is 7.50. The van der Waals surface area contributed by atoms with E-state index in [1.807, 2.05) is 19.1 Å². The van der Waals surface area contributed by atoms with Crippen LogP contribution in [0.1, 0.15) is 38.4 Å². The summed E-state index contributed by atoms with van der Waals surface area (Å²) in [5.41, 5.74) is 1.15. The minimum Gasteiger partial charge on any atom is -0.378 e. The molecule has 122 valence electrons. The maximum atomic E-state index is 5.92. The third-order valence-electron chi connectivity index (χ3n) is 5.31. The molecule has 0 saturated heterocycles. The highest BCUT2D eigenvalue weighted by Crippen LogP contribution is 2.58. The van der Waals surface area contributed by atoms with Crippen molar-refractivity contribution in [1.82, 2.24) is 15.1 Å². The Hall–Kier alpha value is -1.95. The first kappa shape index (κ1) is 14.6. The quantitative estimate of drug-likeness (QED) is 0.913. The van der Waals surface area contributed by atoms with Crippen LogP contribution >= 0.6 is 0 Å². The highest BCUT2D eigenvalue weighted by atomic mass is 16.5. The molecule has 1 spiro atoms. The maximum absolute atomic E-state index is 5.92. The zero-order valence-corrected chi connectivity index (χ0v) is 13.6. The van der Waals surface area contributed by atoms with Crippen LogP contribution in [-0.4, -0.2) is 33.9 Å². The predicted octanol–water partition coefficient (Wildman–Crippen LogP) is 3.20. The molecule has 0 aromatic carbocycles. The van der Waals surface area contributed by atoms with Crippen molar-refractivity contribution in [1.29, 1.82) is 0 Å². The molecule has 0 unspecified atom stereocenters. The lowest BCUT2D eigenvalue weighted by atomic mass is 9.51. The second kappa shape index (κ2) is 5.60. The zero-order chi connectivity index (χ0) is 15.9. The van der Waals surface area contributed by atoms with Gasteiger partial charge in [-0.1, -0.05) is 11.6 Å². The molecular formula is C17H22N4O2. The Morgan fingerprint density at radius 3 is 2.96 bits per heavy atom. The van der Waals surface area contributed by atoms with Crippen LogP contribution in [0.15, 0.2) is 22.9 Å². The number of hydrogen-bond donors (Lipinski definition) is 1. The van der Waals surface area contributed by atoms with Crippen LogP contribution in [0.25, 0.3) is 11.5 Å². The predicted molar refractivity (Wildman–Crippen MR) is 86.0 cm³/mol. The Balaban J connectivity index is 1.56. The van der Waals surface area contributed by atoms with E-state index in [0.717, 1.165) is 24.4 Å². The number of pyridine rings is 1. The van der Waals surface area contributed by atoms with Crippen molar-refractivity contribution < 1.29 is 9.26 Å². The van der Waals surface area contributed by atoms with E-state index in [1.165, 1.54) is 19.3 Å². The molecule has 0 radical (unpaired) electrons. The van der Waals surface area contributed by atoms with E-state index in [4.69, 9.17) is 9.26 Å². The Labute approximate surface area is 135 Å². The summed E-state index contributed by atoms with van der Waals surface area (Å²) in [4.78, 5) is 8.83. The summed E-state index contributed by atoms with van der Waals surface area (Å²) in [6.45, 7) is 4.68. The van der Waals surface area contributed by atoms with Crippen LogP contribution in [0.4, 0.5) is 5.82 Å². The van der Waals surface area contributed by atoms with E-state index in [9.17, 15) is 0 Å². The summed E-state index contributed by atoms with van der Waals surface area (Å²) in [6, 6.07) is 4.27. The second-order valence-electron chi connectivity index (χ2n) is 6.51. The standard InChI is InChI=1S/C17H22N4O2/c1-3-22-14-10-13(17(14)7-5-8-17)20-15-12(6-4-9-18-15)16-19-11(2)21-23-16/h4,6,9,13-14H,3,5,7-8,10H2,1-2H3,(H,18,20)/t13-,14+/m1/s1. The molecule has 0 amide bonds. The SMILES string of the molecule is CCO[C@H]1C[C@@H](Nc2ncccc2-c2nc(C)no2)C12CCC2. The normalized spacial score (nSPS) is 25.0. The number of nitrogens with zero attached hydrogens (tertiary/aromatic N) is 3. The van der Waals surface area contributed by atoms with Crippen LogP contribution in [0, 0.1) is 12.3 Å². The van der Waals surface area contributed by atoms with Crippen molar-refractivity contribution in [2.75, 3.05) is 11.9 Å². The molecule has 2 aromatic rings. The topological polar surface area (TPSA) is 73.1 Å². The fourth-order valence-corrected chi connectivity index (χ4v) is 3.91. The lowest BCUT2D eigenvalue weighted by molar-refractivity contribution is -0.157. The molecule has 23 heavy (non-hydrogen) atoms. The molecule has 1 N–H and O–H groups in total. The fourth-order valence-electron chi connectivity index (χ4n) is 3.91. The summed E-state index contributed by atoms with van der Waals surface area (Å²) < 4.78 is 11.2. The van der Waals surface area contributed by atoms with Crippen molar-refractivity contribution in [3.63, 3.8) is 0 Å². The minimum atomic E-state index is 0.287. The molecule has 2 atom stereocenters. The van der Waals surface area contributed by atoms with Gasteiger partial charge in [0.1, 0.15) is 5.82 Å². The Morgan fingerprint density at radius 1 is 1.43 bits per heavy atom. The molecule has 6 heteroatoms. The second-order valence-corrected chi connectivity index (χ2v) is 6.51. The molecule has 2 aliphatic carbocycles. The Kier molecular flexibility index (Phi) is 3.56. The highest BCUT2D eigenvalue weighted by molar-refractivity contribution is 5.69. The van der Waals surface area contributed by atoms with Gasteiger partial charge in [-0.2, -0.15) is 4.98 Å². The van der Waals surface area contributed by atoms with Crippen LogP contribution < -0.4 is 5.32 Å². The number of rotatable bonds is 5. The van der Waals surface area contributed by atoms with Crippen molar-refractivity contribution in [2.45, 2.75) is 51.7 Å². The first-order valence-corrected chi connectivity index (χ1v) is 8.37. The van der Waals surface area contributed by atoms with E-state index in [1.54, 1.807) is 6.20 Å². The van der Waals surface area contributed by atoms with Gasteiger partial charge in [0, 0.05) is 24.3 Å². The summed E-state index contributed by atoms with van der Waals surface area (Å²) in [5.74, 6) is 1.97. The summed E-state index contributed by atoms with van der Waals surface area (Å²) in [7, 11) is 0. The molecule has 2 aliphatic rings. The third-order valence-corrected chi connectivity index (χ3v) is 5.31. The van der Waals surface area contributed by atoms with Gasteiger partial charge in [-0.15, -0.1) is 0 Å². The van der Waals surface area contributed by atoms with Crippen LogP contribution in [0.3, 0.4) is 0 Å². The number of aromatic nitrogens is 3. The van der Waals surface area contributed by atoms with Crippen molar-refractivity contribution >= 4 is 5.82 Å². The number of nitrogens with one attached hydrogen (secondary N) is 1. The van der Waals surface area contributed by atoms with Crippen LogP contribution in [0.2, 0.25) is 0 Å². The average Bonchev–Trinajstić information content (AvgIpc) is 2.91. The molecule has 0 aliphatic heterocycles.